The van der Waals surface area contributed by atoms with E-state index >= 15 is 0 Å². The molecule has 1 N–H and O–H groups in total. The van der Waals surface area contributed by atoms with Gasteiger partial charge in [-0.15, -0.1) is 11.3 Å². The number of aliphatic hydroxyl groups is 1. The summed E-state index contributed by atoms with van der Waals surface area (Å²) >= 11 is 7.54. The summed E-state index contributed by atoms with van der Waals surface area (Å²) in [5, 5.41) is 12.6. The highest BCUT2D eigenvalue weighted by atomic mass is 35.5. The lowest BCUT2D eigenvalue weighted by Crippen LogP contribution is -2.27. The van der Waals surface area contributed by atoms with E-state index in [-0.39, 0.29) is 11.5 Å². The van der Waals surface area contributed by atoms with Gasteiger partial charge in [0.25, 0.3) is 0 Å². The van der Waals surface area contributed by atoms with Gasteiger partial charge >= 0.3 is 0 Å². The maximum absolute atomic E-state index is 9.83. The molecule has 1 aromatic rings. The van der Waals surface area contributed by atoms with Crippen molar-refractivity contribution in [2.24, 2.45) is 5.41 Å². The predicted octanol–water partition coefficient (Wildman–Crippen LogP) is 3.35. The summed E-state index contributed by atoms with van der Waals surface area (Å²) < 4.78 is 0. The second-order valence-corrected chi connectivity index (χ2v) is 5.69. The monoisotopic (exact) mass is 218 g/mol. The van der Waals surface area contributed by atoms with E-state index in [4.69, 9.17) is 11.6 Å². The van der Waals surface area contributed by atoms with Crippen LogP contribution in [-0.2, 0) is 6.42 Å². The molecule has 74 valence electrons. The van der Waals surface area contributed by atoms with E-state index in [0.29, 0.717) is 6.42 Å². The summed E-state index contributed by atoms with van der Waals surface area (Å²) in [5.41, 5.74) is -0.0761. The zero-order chi connectivity index (χ0) is 10.1. The number of halogens is 1. The first-order valence-electron chi connectivity index (χ1n) is 4.31. The molecule has 1 atom stereocenters. The Morgan fingerprint density at radius 3 is 2.54 bits per heavy atom. The highest BCUT2D eigenvalue weighted by Crippen LogP contribution is 2.28. The topological polar surface area (TPSA) is 20.2 Å². The van der Waals surface area contributed by atoms with Crippen LogP contribution < -0.4 is 0 Å². The first-order valence-corrected chi connectivity index (χ1v) is 5.57. The molecule has 1 rings (SSSR count). The second kappa shape index (κ2) is 3.99. The zero-order valence-corrected chi connectivity index (χ0v) is 9.75. The average molecular weight is 219 g/mol. The van der Waals surface area contributed by atoms with Gasteiger partial charge in [-0.05, 0) is 16.9 Å². The molecule has 0 radical (unpaired) electrons. The molecule has 1 aromatic heterocycles. The van der Waals surface area contributed by atoms with E-state index in [1.807, 2.05) is 32.2 Å². The Bertz CT molecular complexity index is 275. The Balaban J connectivity index is 2.65. The van der Waals surface area contributed by atoms with Crippen molar-refractivity contribution in [3.8, 4) is 0 Å². The van der Waals surface area contributed by atoms with Crippen LogP contribution >= 0.6 is 22.9 Å². The lowest BCUT2D eigenvalue weighted by atomic mass is 9.87. The fraction of sp³-hybridized carbons (Fsp3) is 0.600. The van der Waals surface area contributed by atoms with Gasteiger partial charge in [0.1, 0.15) is 0 Å². The third-order valence-electron chi connectivity index (χ3n) is 2.07. The van der Waals surface area contributed by atoms with E-state index in [1.54, 1.807) is 11.3 Å². The van der Waals surface area contributed by atoms with Gasteiger partial charge in [-0.1, -0.05) is 32.4 Å². The maximum atomic E-state index is 9.83. The van der Waals surface area contributed by atoms with E-state index in [0.717, 1.165) is 9.90 Å². The molecular formula is C10H15ClOS. The Labute approximate surface area is 88.4 Å². The molecule has 13 heavy (non-hydrogen) atoms. The number of hydrogen-bond acceptors (Lipinski definition) is 2. The summed E-state index contributed by atoms with van der Waals surface area (Å²) in [6, 6.07) is 1.87. The van der Waals surface area contributed by atoms with Crippen LogP contribution in [0.4, 0.5) is 0 Å². The zero-order valence-electron chi connectivity index (χ0n) is 8.17. The molecule has 0 saturated heterocycles. The number of rotatable bonds is 2. The van der Waals surface area contributed by atoms with Gasteiger partial charge in [0, 0.05) is 11.3 Å². The maximum Gasteiger partial charge on any atom is 0.0637 e. The summed E-state index contributed by atoms with van der Waals surface area (Å²) in [5.74, 6) is 0. The quantitative estimate of drug-likeness (QED) is 0.807. The van der Waals surface area contributed by atoms with Gasteiger partial charge in [0.2, 0.25) is 0 Å². The van der Waals surface area contributed by atoms with Crippen LogP contribution in [0.1, 0.15) is 25.6 Å². The minimum absolute atomic E-state index is 0.0761. The minimum Gasteiger partial charge on any atom is -0.392 e. The Hall–Kier alpha value is -0.0500. The van der Waals surface area contributed by atoms with Crippen molar-refractivity contribution in [1.82, 2.24) is 0 Å². The van der Waals surface area contributed by atoms with Crippen LogP contribution in [0.5, 0.6) is 0 Å². The van der Waals surface area contributed by atoms with Gasteiger partial charge < -0.3 is 5.11 Å². The number of thiophene rings is 1. The largest absolute Gasteiger partial charge is 0.392 e. The average Bonchev–Trinajstić information content (AvgIpc) is 2.34. The lowest BCUT2D eigenvalue weighted by molar-refractivity contribution is 0.0643. The SMILES string of the molecule is CC(C)(C)C(O)Cc1sccc1Cl. The molecule has 0 bridgehead atoms. The molecule has 1 nitrogen and oxygen atoms in total. The van der Waals surface area contributed by atoms with Gasteiger partial charge in [-0.2, -0.15) is 0 Å². The van der Waals surface area contributed by atoms with Crippen molar-refractivity contribution in [2.75, 3.05) is 0 Å². The van der Waals surface area contributed by atoms with Crippen LogP contribution in [0.2, 0.25) is 5.02 Å². The van der Waals surface area contributed by atoms with Crippen molar-refractivity contribution in [3.63, 3.8) is 0 Å². The summed E-state index contributed by atoms with van der Waals surface area (Å²) in [7, 11) is 0. The first-order chi connectivity index (χ1) is 5.91. The second-order valence-electron chi connectivity index (χ2n) is 4.28. The Morgan fingerprint density at radius 2 is 2.15 bits per heavy atom. The number of aliphatic hydroxyl groups excluding tert-OH is 1. The molecule has 0 amide bonds. The molecule has 0 aliphatic carbocycles. The van der Waals surface area contributed by atoms with Crippen molar-refractivity contribution in [1.29, 1.82) is 0 Å². The van der Waals surface area contributed by atoms with Gasteiger partial charge in [-0.25, -0.2) is 0 Å². The molecule has 0 fully saturated rings. The summed E-state index contributed by atoms with van der Waals surface area (Å²) in [6.07, 6.45) is 0.323. The van der Waals surface area contributed by atoms with E-state index < -0.39 is 0 Å². The molecule has 0 aliphatic rings. The lowest BCUT2D eigenvalue weighted by Gasteiger charge is -2.25. The third-order valence-corrected chi connectivity index (χ3v) is 3.48. The molecule has 1 heterocycles. The normalized spacial score (nSPS) is 14.5. The fourth-order valence-electron chi connectivity index (χ4n) is 0.953. The molecule has 0 saturated carbocycles. The van der Waals surface area contributed by atoms with E-state index in [2.05, 4.69) is 0 Å². The van der Waals surface area contributed by atoms with Gasteiger partial charge in [0.15, 0.2) is 0 Å². The first kappa shape index (κ1) is 11.0. The van der Waals surface area contributed by atoms with Crippen LogP contribution in [0, 0.1) is 5.41 Å². The van der Waals surface area contributed by atoms with Gasteiger partial charge in [-0.3, -0.25) is 0 Å². The smallest absolute Gasteiger partial charge is 0.0637 e. The van der Waals surface area contributed by atoms with Crippen molar-refractivity contribution < 1.29 is 5.11 Å². The predicted molar refractivity (Wildman–Crippen MR) is 58.5 cm³/mol. The fourth-order valence-corrected chi connectivity index (χ4v) is 2.10. The van der Waals surface area contributed by atoms with Crippen molar-refractivity contribution in [3.05, 3.63) is 21.3 Å². The standard InChI is InChI=1S/C10H15ClOS/c1-10(2,3)9(12)6-8-7(11)4-5-13-8/h4-5,9,12H,6H2,1-3H3. The Morgan fingerprint density at radius 1 is 1.54 bits per heavy atom. The van der Waals surface area contributed by atoms with Crippen LogP contribution in [0.15, 0.2) is 11.4 Å². The number of hydrogen-bond donors (Lipinski definition) is 1. The molecule has 0 aromatic carbocycles. The highest BCUT2D eigenvalue weighted by Gasteiger charge is 2.23. The minimum atomic E-state index is -0.330. The van der Waals surface area contributed by atoms with Crippen LogP contribution in [0.3, 0.4) is 0 Å². The molecule has 3 heteroatoms. The van der Waals surface area contributed by atoms with Crippen LogP contribution in [0.25, 0.3) is 0 Å². The highest BCUT2D eigenvalue weighted by molar-refractivity contribution is 7.10. The molecule has 0 spiro atoms. The van der Waals surface area contributed by atoms with Gasteiger partial charge in [0.05, 0.1) is 11.1 Å². The third kappa shape index (κ3) is 2.97. The Kier molecular flexibility index (Phi) is 3.38. The summed E-state index contributed by atoms with van der Waals surface area (Å²) in [6.45, 7) is 6.08. The van der Waals surface area contributed by atoms with E-state index in [9.17, 15) is 5.11 Å². The summed E-state index contributed by atoms with van der Waals surface area (Å²) in [4.78, 5) is 1.07. The van der Waals surface area contributed by atoms with Crippen LogP contribution in [-0.4, -0.2) is 11.2 Å². The molecular weight excluding hydrogens is 204 g/mol. The van der Waals surface area contributed by atoms with Crippen molar-refractivity contribution in [2.45, 2.75) is 33.3 Å². The van der Waals surface area contributed by atoms with Crippen molar-refractivity contribution >= 4 is 22.9 Å². The molecule has 0 aliphatic heterocycles. The van der Waals surface area contributed by atoms with E-state index in [1.165, 1.54) is 0 Å². The molecule has 1 unspecified atom stereocenters.